The second-order valence-corrected chi connectivity index (χ2v) is 7.34. The zero-order valence-corrected chi connectivity index (χ0v) is 18.0. The number of anilines is 1. The molecular formula is C23H15N3O9. The van der Waals surface area contributed by atoms with E-state index in [0.717, 1.165) is 4.90 Å². The molecular weight excluding hydrogens is 462 g/mol. The molecule has 2 aliphatic rings. The van der Waals surface area contributed by atoms with Gasteiger partial charge in [0.15, 0.2) is 11.5 Å². The van der Waals surface area contributed by atoms with Gasteiger partial charge in [-0.3, -0.25) is 25.0 Å². The molecule has 1 saturated heterocycles. The minimum Gasteiger partial charge on any atom is -0.496 e. The van der Waals surface area contributed by atoms with Crippen molar-refractivity contribution in [3.05, 3.63) is 70.0 Å². The number of nitro groups is 1. The van der Waals surface area contributed by atoms with E-state index in [9.17, 15) is 24.5 Å². The third-order valence-electron chi connectivity index (χ3n) is 5.29. The van der Waals surface area contributed by atoms with Crippen LogP contribution in [0, 0.1) is 10.1 Å². The second-order valence-electron chi connectivity index (χ2n) is 7.34. The van der Waals surface area contributed by atoms with Gasteiger partial charge >= 0.3 is 6.03 Å². The topological polar surface area (TPSA) is 150 Å². The number of rotatable bonds is 5. The molecule has 1 aromatic heterocycles. The Bertz CT molecular complexity index is 1440. The van der Waals surface area contributed by atoms with Crippen LogP contribution < -0.4 is 24.4 Å². The van der Waals surface area contributed by atoms with Gasteiger partial charge < -0.3 is 18.6 Å². The lowest BCUT2D eigenvalue weighted by Gasteiger charge is -2.26. The zero-order chi connectivity index (χ0) is 24.7. The van der Waals surface area contributed by atoms with Crippen molar-refractivity contribution in [3.63, 3.8) is 0 Å². The van der Waals surface area contributed by atoms with Crippen LogP contribution in [-0.4, -0.2) is 36.7 Å². The Kier molecular flexibility index (Phi) is 5.17. The van der Waals surface area contributed by atoms with E-state index in [2.05, 4.69) is 5.32 Å². The van der Waals surface area contributed by atoms with E-state index in [1.165, 1.54) is 49.6 Å². The van der Waals surface area contributed by atoms with E-state index >= 15 is 0 Å². The maximum absolute atomic E-state index is 13.1. The third-order valence-corrected chi connectivity index (χ3v) is 5.29. The van der Waals surface area contributed by atoms with Crippen molar-refractivity contribution >= 4 is 35.3 Å². The minimum absolute atomic E-state index is 0.0168. The standard InChI is InChI=1S/C23H15N3O9/c1-32-19-9-13(26(30)31)2-5-15(19)17-7-4-14(35-17)10-16-21(27)24-23(29)25(22(16)28)12-3-6-18-20(8-12)34-11-33-18/h2-10H,11H2,1H3,(H,24,27,29)/b16-10-. The van der Waals surface area contributed by atoms with Crippen LogP contribution in [0.25, 0.3) is 17.4 Å². The number of carbonyl (C=O) groups excluding carboxylic acids is 3. The number of nitrogens with one attached hydrogen (secondary N) is 1. The van der Waals surface area contributed by atoms with Gasteiger partial charge in [-0.05, 0) is 36.4 Å². The second kappa shape index (κ2) is 8.33. The van der Waals surface area contributed by atoms with Gasteiger partial charge in [-0.15, -0.1) is 0 Å². The zero-order valence-electron chi connectivity index (χ0n) is 18.0. The first-order valence-corrected chi connectivity index (χ1v) is 10.1. The van der Waals surface area contributed by atoms with Crippen molar-refractivity contribution in [1.29, 1.82) is 0 Å². The summed E-state index contributed by atoms with van der Waals surface area (Å²) >= 11 is 0. The predicted molar refractivity (Wildman–Crippen MR) is 119 cm³/mol. The highest BCUT2D eigenvalue weighted by Gasteiger charge is 2.37. The number of imide groups is 2. The van der Waals surface area contributed by atoms with E-state index in [4.69, 9.17) is 18.6 Å². The summed E-state index contributed by atoms with van der Waals surface area (Å²) in [6.45, 7) is 0.0168. The van der Waals surface area contributed by atoms with Crippen LogP contribution in [0.15, 0.2) is 58.5 Å². The highest BCUT2D eigenvalue weighted by molar-refractivity contribution is 6.39. The van der Waals surface area contributed by atoms with Crippen LogP contribution >= 0.6 is 0 Å². The van der Waals surface area contributed by atoms with Gasteiger partial charge in [-0.25, -0.2) is 9.69 Å². The number of methoxy groups -OCH3 is 1. The third kappa shape index (κ3) is 3.82. The summed E-state index contributed by atoms with van der Waals surface area (Å²) in [6.07, 6.45) is 1.20. The molecule has 2 aliphatic heterocycles. The highest BCUT2D eigenvalue weighted by Crippen LogP contribution is 2.37. The largest absolute Gasteiger partial charge is 0.496 e. The van der Waals surface area contributed by atoms with Crippen molar-refractivity contribution in [1.82, 2.24) is 5.32 Å². The van der Waals surface area contributed by atoms with Crippen molar-refractivity contribution in [3.8, 4) is 28.6 Å². The summed E-state index contributed by atoms with van der Waals surface area (Å²) in [5.41, 5.74) is 0.126. The van der Waals surface area contributed by atoms with Gasteiger partial charge in [0, 0.05) is 12.1 Å². The van der Waals surface area contributed by atoms with Gasteiger partial charge in [-0.2, -0.15) is 0 Å². The Hall–Kier alpha value is -5.13. The summed E-state index contributed by atoms with van der Waals surface area (Å²) in [6, 6.07) is 10.7. The maximum atomic E-state index is 13.1. The smallest absolute Gasteiger partial charge is 0.335 e. The first-order chi connectivity index (χ1) is 16.9. The number of barbiturate groups is 1. The van der Waals surface area contributed by atoms with Crippen molar-refractivity contribution in [2.75, 3.05) is 18.8 Å². The lowest BCUT2D eigenvalue weighted by atomic mass is 10.1. The molecule has 35 heavy (non-hydrogen) atoms. The van der Waals surface area contributed by atoms with E-state index in [0.29, 0.717) is 17.1 Å². The number of ether oxygens (including phenoxy) is 3. The van der Waals surface area contributed by atoms with E-state index in [1.807, 2.05) is 0 Å². The molecule has 0 spiro atoms. The van der Waals surface area contributed by atoms with E-state index < -0.39 is 22.8 Å². The highest BCUT2D eigenvalue weighted by atomic mass is 16.7. The molecule has 0 saturated carbocycles. The van der Waals surface area contributed by atoms with Gasteiger partial charge in [0.25, 0.3) is 17.5 Å². The number of non-ortho nitro benzene ring substituents is 1. The molecule has 0 bridgehead atoms. The van der Waals surface area contributed by atoms with E-state index in [1.54, 1.807) is 12.1 Å². The lowest BCUT2D eigenvalue weighted by molar-refractivity contribution is -0.384. The molecule has 4 amide bonds. The Morgan fingerprint density at radius 3 is 2.63 bits per heavy atom. The summed E-state index contributed by atoms with van der Waals surface area (Å²) in [5, 5.41) is 13.2. The van der Waals surface area contributed by atoms with Gasteiger partial charge in [0.05, 0.1) is 29.4 Å². The van der Waals surface area contributed by atoms with Crippen LogP contribution in [0.4, 0.5) is 16.2 Å². The monoisotopic (exact) mass is 477 g/mol. The fourth-order valence-electron chi connectivity index (χ4n) is 3.63. The summed E-state index contributed by atoms with van der Waals surface area (Å²) < 4.78 is 21.5. The fraction of sp³-hybridized carbons (Fsp3) is 0.0870. The Labute approximate surface area is 196 Å². The number of amides is 4. The lowest BCUT2D eigenvalue weighted by Crippen LogP contribution is -2.54. The molecule has 1 fully saturated rings. The van der Waals surface area contributed by atoms with Crippen molar-refractivity contribution in [2.24, 2.45) is 0 Å². The van der Waals surface area contributed by atoms with Crippen LogP contribution in [0.5, 0.6) is 17.2 Å². The number of carbonyl (C=O) groups is 3. The number of nitrogens with zero attached hydrogens (tertiary/aromatic N) is 2. The molecule has 12 heteroatoms. The normalized spacial score (nSPS) is 16.0. The summed E-state index contributed by atoms with van der Waals surface area (Å²) in [5.74, 6) is -0.284. The first kappa shape index (κ1) is 21.7. The Morgan fingerprint density at radius 2 is 1.86 bits per heavy atom. The number of furan rings is 1. The minimum atomic E-state index is -0.910. The molecule has 176 valence electrons. The molecule has 0 aliphatic carbocycles. The van der Waals surface area contributed by atoms with Gasteiger partial charge in [0.2, 0.25) is 6.79 Å². The average molecular weight is 477 g/mol. The Balaban J connectivity index is 1.47. The van der Waals surface area contributed by atoms with Crippen molar-refractivity contribution < 1.29 is 37.9 Å². The molecule has 1 N–H and O–H groups in total. The SMILES string of the molecule is COc1cc([N+](=O)[O-])ccc1-c1ccc(/C=C2/C(=O)NC(=O)N(c3ccc4c(c3)OCO4)C2=O)o1. The molecule has 5 rings (SSSR count). The number of urea groups is 1. The average Bonchev–Trinajstić information content (AvgIpc) is 3.50. The molecule has 3 aromatic rings. The van der Waals surface area contributed by atoms with Crippen LogP contribution in [0.1, 0.15) is 5.76 Å². The molecule has 12 nitrogen and oxygen atoms in total. The number of fused-ring (bicyclic) bond motifs is 1. The number of hydrogen-bond acceptors (Lipinski definition) is 9. The van der Waals surface area contributed by atoms with Gasteiger partial charge in [-0.1, -0.05) is 0 Å². The number of benzene rings is 2. The molecule has 3 heterocycles. The van der Waals surface area contributed by atoms with Crippen LogP contribution in [0.3, 0.4) is 0 Å². The van der Waals surface area contributed by atoms with Crippen LogP contribution in [0.2, 0.25) is 0 Å². The fourth-order valence-corrected chi connectivity index (χ4v) is 3.63. The Morgan fingerprint density at radius 1 is 1.06 bits per heavy atom. The molecule has 0 atom stereocenters. The van der Waals surface area contributed by atoms with Crippen LogP contribution in [-0.2, 0) is 9.59 Å². The summed E-state index contributed by atoms with van der Waals surface area (Å²) in [7, 11) is 1.36. The number of nitro benzene ring substituents is 1. The van der Waals surface area contributed by atoms with Crippen molar-refractivity contribution in [2.45, 2.75) is 0 Å². The quantitative estimate of drug-likeness (QED) is 0.253. The van der Waals surface area contributed by atoms with E-state index in [-0.39, 0.29) is 41.0 Å². The summed E-state index contributed by atoms with van der Waals surface area (Å²) in [4.78, 5) is 49.3. The predicted octanol–water partition coefficient (Wildman–Crippen LogP) is 3.26. The molecule has 2 aromatic carbocycles. The maximum Gasteiger partial charge on any atom is 0.335 e. The molecule has 0 radical (unpaired) electrons. The first-order valence-electron chi connectivity index (χ1n) is 10.1. The molecule has 0 unspecified atom stereocenters. The van der Waals surface area contributed by atoms with Gasteiger partial charge in [0.1, 0.15) is 22.8 Å². The number of hydrogen-bond donors (Lipinski definition) is 1.